The molecule has 1 aromatic carbocycles. The first kappa shape index (κ1) is 20.6. The first-order valence-electron chi connectivity index (χ1n) is 10.7. The van der Waals surface area contributed by atoms with Crippen molar-refractivity contribution in [2.24, 2.45) is 0 Å². The minimum absolute atomic E-state index is 0.268. The first-order valence-corrected chi connectivity index (χ1v) is 11.1. The Kier molecular flexibility index (Phi) is 4.67. The molecule has 0 unspecified atom stereocenters. The molecule has 6 rings (SSSR count). The fourth-order valence-corrected chi connectivity index (χ4v) is 4.77. The van der Waals surface area contributed by atoms with Gasteiger partial charge in [-0.15, -0.1) is 0 Å². The van der Waals surface area contributed by atoms with Crippen molar-refractivity contribution in [3.05, 3.63) is 65.7 Å². The third-order valence-electron chi connectivity index (χ3n) is 6.03. The summed E-state index contributed by atoms with van der Waals surface area (Å²) in [6.45, 7) is 3.83. The van der Waals surface area contributed by atoms with Gasteiger partial charge in [0, 0.05) is 17.8 Å². The van der Waals surface area contributed by atoms with Crippen molar-refractivity contribution in [1.82, 2.24) is 19.5 Å². The van der Waals surface area contributed by atoms with E-state index in [4.69, 9.17) is 31.5 Å². The largest absolute Gasteiger partial charge is 0.383 e. The van der Waals surface area contributed by atoms with Crippen LogP contribution in [0.2, 0.25) is 5.02 Å². The van der Waals surface area contributed by atoms with Crippen LogP contribution in [0.3, 0.4) is 0 Å². The molecule has 33 heavy (non-hydrogen) atoms. The highest BCUT2D eigenvalue weighted by Gasteiger charge is 2.55. The third kappa shape index (κ3) is 3.55. The molecule has 5 heterocycles. The maximum Gasteiger partial charge on any atom is 0.165 e. The number of nitrogens with zero attached hydrogens (tertiary/aromatic N) is 4. The summed E-state index contributed by atoms with van der Waals surface area (Å²) in [7, 11) is 0. The fourth-order valence-electron chi connectivity index (χ4n) is 4.60. The van der Waals surface area contributed by atoms with Crippen LogP contribution in [-0.4, -0.2) is 43.6 Å². The van der Waals surface area contributed by atoms with E-state index in [0.717, 1.165) is 21.9 Å². The Morgan fingerprint density at radius 1 is 1.09 bits per heavy atom. The van der Waals surface area contributed by atoms with Crippen LogP contribution >= 0.6 is 11.6 Å². The average Bonchev–Trinajstić information content (AvgIpc) is 3.44. The Hall–Kier alpha value is -3.04. The molecular formula is C24H22ClN5O3. The van der Waals surface area contributed by atoms with E-state index in [-0.39, 0.29) is 18.3 Å². The van der Waals surface area contributed by atoms with E-state index in [1.54, 1.807) is 6.20 Å². The molecule has 168 valence electrons. The van der Waals surface area contributed by atoms with Crippen LogP contribution in [0.1, 0.15) is 25.6 Å². The molecule has 4 atom stereocenters. The Morgan fingerprint density at radius 2 is 1.94 bits per heavy atom. The molecule has 9 heteroatoms. The molecule has 0 amide bonds. The number of nitrogens with two attached hydrogens (primary N) is 1. The first-order chi connectivity index (χ1) is 15.9. The lowest BCUT2D eigenvalue weighted by molar-refractivity contribution is -0.191. The maximum absolute atomic E-state index is 6.43. The standard InChI is InChI=1S/C24H22ClN5O3/c1-24(2)32-19-18(6-4-13-3-5-14-10-15(25)11-27-17(14)9-13)31-23(20(19)33-24)30-8-7-16-21(26)28-12-29-22(16)30/h3-12,18-20,23H,1-2H3,(H2,26,28,29)/b6-4+/t18-,19-,20-,23-/m1/s1. The molecule has 0 radical (unpaired) electrons. The number of hydrogen-bond donors (Lipinski definition) is 1. The van der Waals surface area contributed by atoms with Gasteiger partial charge in [-0.05, 0) is 37.6 Å². The SMILES string of the molecule is CC1(C)O[C@@H]2[C@H](O1)[C@@H](/C=C/c1ccc3cc(Cl)cnc3c1)O[C@H]2n1ccc2c(N)ncnc21. The number of nitrogen functional groups attached to an aromatic ring is 1. The highest BCUT2D eigenvalue weighted by atomic mass is 35.5. The molecule has 4 aromatic rings. The minimum atomic E-state index is -0.716. The molecule has 3 aromatic heterocycles. The average molecular weight is 464 g/mol. The minimum Gasteiger partial charge on any atom is -0.383 e. The summed E-state index contributed by atoms with van der Waals surface area (Å²) in [4.78, 5) is 12.9. The van der Waals surface area contributed by atoms with E-state index in [2.05, 4.69) is 15.0 Å². The molecular weight excluding hydrogens is 442 g/mol. The second-order valence-electron chi connectivity index (χ2n) is 8.74. The van der Waals surface area contributed by atoms with Crippen LogP contribution in [0.25, 0.3) is 28.0 Å². The third-order valence-corrected chi connectivity index (χ3v) is 6.24. The lowest BCUT2D eigenvalue weighted by atomic mass is 10.1. The van der Waals surface area contributed by atoms with Crippen molar-refractivity contribution in [3.8, 4) is 0 Å². The van der Waals surface area contributed by atoms with Gasteiger partial charge in [0.15, 0.2) is 12.0 Å². The van der Waals surface area contributed by atoms with E-state index < -0.39 is 12.0 Å². The topological polar surface area (TPSA) is 97.3 Å². The molecule has 8 nitrogen and oxygen atoms in total. The summed E-state index contributed by atoms with van der Waals surface area (Å²) in [6, 6.07) is 9.83. The molecule has 0 saturated carbocycles. The Bertz CT molecular complexity index is 1400. The molecule has 2 fully saturated rings. The number of hydrogen-bond acceptors (Lipinski definition) is 7. The van der Waals surface area contributed by atoms with E-state index >= 15 is 0 Å². The van der Waals surface area contributed by atoms with E-state index in [1.165, 1.54) is 6.33 Å². The molecule has 0 aliphatic carbocycles. The van der Waals surface area contributed by atoms with Gasteiger partial charge < -0.3 is 24.5 Å². The molecule has 2 aliphatic heterocycles. The highest BCUT2D eigenvalue weighted by Crippen LogP contribution is 2.44. The van der Waals surface area contributed by atoms with Gasteiger partial charge in [-0.25, -0.2) is 9.97 Å². The zero-order valence-corrected chi connectivity index (χ0v) is 18.8. The van der Waals surface area contributed by atoms with E-state index in [9.17, 15) is 0 Å². The lowest BCUT2D eigenvalue weighted by Crippen LogP contribution is -2.28. The van der Waals surface area contributed by atoms with Crippen LogP contribution in [0.15, 0.2) is 55.1 Å². The number of pyridine rings is 1. The second-order valence-corrected chi connectivity index (χ2v) is 9.18. The Morgan fingerprint density at radius 3 is 2.82 bits per heavy atom. The van der Waals surface area contributed by atoms with Crippen LogP contribution in [0, 0.1) is 0 Å². The normalized spacial score (nSPS) is 26.5. The lowest BCUT2D eigenvalue weighted by Gasteiger charge is -2.24. The van der Waals surface area contributed by atoms with E-state index in [1.807, 2.05) is 67.1 Å². The molecule has 2 saturated heterocycles. The van der Waals surface area contributed by atoms with Crippen molar-refractivity contribution >= 4 is 45.4 Å². The number of halogens is 1. The Labute approximate surface area is 194 Å². The van der Waals surface area contributed by atoms with Gasteiger partial charge in [0.1, 0.15) is 36.1 Å². The summed E-state index contributed by atoms with van der Waals surface area (Å²) in [5, 5.41) is 2.39. The predicted molar refractivity (Wildman–Crippen MR) is 125 cm³/mol. The van der Waals surface area contributed by atoms with Crippen molar-refractivity contribution in [2.45, 2.75) is 44.2 Å². The quantitative estimate of drug-likeness (QED) is 0.482. The fraction of sp³-hybridized carbons (Fsp3) is 0.292. The summed E-state index contributed by atoms with van der Waals surface area (Å²) >= 11 is 6.05. The number of fused-ring (bicyclic) bond motifs is 3. The van der Waals surface area contributed by atoms with Gasteiger partial charge in [0.25, 0.3) is 0 Å². The van der Waals surface area contributed by atoms with Gasteiger partial charge in [-0.3, -0.25) is 4.98 Å². The van der Waals surface area contributed by atoms with Crippen molar-refractivity contribution in [2.75, 3.05) is 5.73 Å². The number of benzene rings is 1. The van der Waals surface area contributed by atoms with Crippen LogP contribution < -0.4 is 5.73 Å². The smallest absolute Gasteiger partial charge is 0.165 e. The predicted octanol–water partition coefficient (Wildman–Crippen LogP) is 4.35. The number of ether oxygens (including phenoxy) is 3. The van der Waals surface area contributed by atoms with Crippen LogP contribution in [-0.2, 0) is 14.2 Å². The zero-order chi connectivity index (χ0) is 22.7. The second kappa shape index (κ2) is 7.50. The van der Waals surface area contributed by atoms with Gasteiger partial charge in [-0.1, -0.05) is 35.9 Å². The Balaban J connectivity index is 1.33. The van der Waals surface area contributed by atoms with E-state index in [0.29, 0.717) is 16.5 Å². The zero-order valence-electron chi connectivity index (χ0n) is 18.1. The number of aromatic nitrogens is 4. The number of anilines is 1. The van der Waals surface area contributed by atoms with Gasteiger partial charge in [0.2, 0.25) is 0 Å². The summed E-state index contributed by atoms with van der Waals surface area (Å²) in [5.74, 6) is -0.285. The molecule has 0 bridgehead atoms. The summed E-state index contributed by atoms with van der Waals surface area (Å²) in [6.07, 6.45) is 7.73. The molecule has 2 aliphatic rings. The molecule has 2 N–H and O–H groups in total. The maximum atomic E-state index is 6.43. The summed E-state index contributed by atoms with van der Waals surface area (Å²) < 4.78 is 20.8. The summed E-state index contributed by atoms with van der Waals surface area (Å²) in [5.41, 5.74) is 8.60. The van der Waals surface area contributed by atoms with Crippen molar-refractivity contribution < 1.29 is 14.2 Å². The molecule has 0 spiro atoms. The van der Waals surface area contributed by atoms with Crippen molar-refractivity contribution in [1.29, 1.82) is 0 Å². The van der Waals surface area contributed by atoms with Gasteiger partial charge in [-0.2, -0.15) is 0 Å². The van der Waals surface area contributed by atoms with Gasteiger partial charge in [0.05, 0.1) is 15.9 Å². The van der Waals surface area contributed by atoms with Crippen LogP contribution in [0.4, 0.5) is 5.82 Å². The monoisotopic (exact) mass is 463 g/mol. The number of rotatable bonds is 3. The van der Waals surface area contributed by atoms with Crippen LogP contribution in [0.5, 0.6) is 0 Å². The van der Waals surface area contributed by atoms with Gasteiger partial charge >= 0.3 is 0 Å². The van der Waals surface area contributed by atoms with Crippen molar-refractivity contribution in [3.63, 3.8) is 0 Å². The highest BCUT2D eigenvalue weighted by molar-refractivity contribution is 6.31.